The zero-order chi connectivity index (χ0) is 20.6. The lowest BCUT2D eigenvalue weighted by atomic mass is 9.79. The van der Waals surface area contributed by atoms with Crippen molar-refractivity contribution in [1.82, 2.24) is 4.72 Å². The minimum absolute atomic E-state index is 0.368. The van der Waals surface area contributed by atoms with Gasteiger partial charge in [-0.25, -0.2) is 13.4 Å². The Labute approximate surface area is 171 Å². The van der Waals surface area contributed by atoms with Crippen LogP contribution in [0, 0.1) is 17.7 Å². The third kappa shape index (κ3) is 4.22. The van der Waals surface area contributed by atoms with Crippen LogP contribution in [0.2, 0.25) is 0 Å². The van der Waals surface area contributed by atoms with Crippen molar-refractivity contribution in [2.24, 2.45) is 11.8 Å². The van der Waals surface area contributed by atoms with Crippen LogP contribution >= 0.6 is 0 Å². The molecule has 1 heterocycles. The molecule has 0 bridgehead atoms. The fraction of sp³-hybridized carbons (Fsp3) is 0.667. The maximum atomic E-state index is 15.3. The van der Waals surface area contributed by atoms with Crippen molar-refractivity contribution in [3.8, 4) is 5.75 Å². The van der Waals surface area contributed by atoms with Gasteiger partial charge in [0.25, 0.3) is 5.91 Å². The molecule has 1 amide bonds. The SMILES string of the molecule is O=C1CN(c2c(O)cc3c(c2F)CC(CCCC2CCCCC2)CC3)S(=O)(=O)N1. The predicted octanol–water partition coefficient (Wildman–Crippen LogP) is 3.57. The topological polar surface area (TPSA) is 86.7 Å². The zero-order valence-corrected chi connectivity index (χ0v) is 17.4. The van der Waals surface area contributed by atoms with Gasteiger partial charge in [0.2, 0.25) is 0 Å². The van der Waals surface area contributed by atoms with E-state index in [-0.39, 0.29) is 0 Å². The van der Waals surface area contributed by atoms with Gasteiger partial charge in [-0.1, -0.05) is 51.4 Å². The molecule has 1 saturated carbocycles. The summed E-state index contributed by atoms with van der Waals surface area (Å²) >= 11 is 0. The standard InChI is InChI=1S/C21H29FN2O4S/c22-20-17-11-15(8-4-7-14-5-2-1-3-6-14)9-10-16(17)12-18(25)21(20)24-13-19(26)23-29(24,27)28/h12,14-15,25H,1-11,13H2,(H,23,26). The van der Waals surface area contributed by atoms with Crippen LogP contribution in [0.15, 0.2) is 6.07 Å². The molecule has 0 spiro atoms. The van der Waals surface area contributed by atoms with Crippen molar-refractivity contribution in [3.63, 3.8) is 0 Å². The van der Waals surface area contributed by atoms with Gasteiger partial charge >= 0.3 is 10.2 Å². The highest BCUT2D eigenvalue weighted by atomic mass is 32.2. The highest BCUT2D eigenvalue weighted by Gasteiger charge is 2.39. The summed E-state index contributed by atoms with van der Waals surface area (Å²) in [6, 6.07) is 1.46. The van der Waals surface area contributed by atoms with E-state index < -0.39 is 39.9 Å². The van der Waals surface area contributed by atoms with E-state index in [9.17, 15) is 18.3 Å². The number of anilines is 1. The van der Waals surface area contributed by atoms with Gasteiger partial charge in [0.15, 0.2) is 5.82 Å². The molecular weight excluding hydrogens is 395 g/mol. The molecule has 2 aliphatic carbocycles. The van der Waals surface area contributed by atoms with Crippen LogP contribution in [0.25, 0.3) is 0 Å². The highest BCUT2D eigenvalue weighted by Crippen LogP contribution is 2.41. The van der Waals surface area contributed by atoms with Crippen LogP contribution in [-0.2, 0) is 27.8 Å². The number of amides is 1. The van der Waals surface area contributed by atoms with Gasteiger partial charge < -0.3 is 5.11 Å². The van der Waals surface area contributed by atoms with Gasteiger partial charge in [-0.2, -0.15) is 8.42 Å². The van der Waals surface area contributed by atoms with Crippen molar-refractivity contribution in [2.75, 3.05) is 10.8 Å². The number of carbonyl (C=O) groups is 1. The molecule has 0 radical (unpaired) electrons. The van der Waals surface area contributed by atoms with Crippen LogP contribution < -0.4 is 9.03 Å². The Kier molecular flexibility index (Phi) is 5.73. The summed E-state index contributed by atoms with van der Waals surface area (Å²) in [5.41, 5.74) is 0.814. The Morgan fingerprint density at radius 1 is 1.14 bits per heavy atom. The van der Waals surface area contributed by atoms with E-state index >= 15 is 4.39 Å². The number of hydrogen-bond donors (Lipinski definition) is 2. The van der Waals surface area contributed by atoms with E-state index in [1.165, 1.54) is 44.6 Å². The lowest BCUT2D eigenvalue weighted by Gasteiger charge is -2.28. The number of phenolic OH excluding ortho intramolecular Hbond substituents is 1. The van der Waals surface area contributed by atoms with Crippen molar-refractivity contribution >= 4 is 21.8 Å². The molecular formula is C21H29FN2O4S. The number of benzene rings is 1. The molecule has 29 heavy (non-hydrogen) atoms. The molecule has 8 heteroatoms. The minimum Gasteiger partial charge on any atom is -0.506 e. The first kappa shape index (κ1) is 20.4. The lowest BCUT2D eigenvalue weighted by molar-refractivity contribution is -0.117. The van der Waals surface area contributed by atoms with Crippen LogP contribution in [0.1, 0.15) is 68.9 Å². The zero-order valence-electron chi connectivity index (χ0n) is 16.6. The van der Waals surface area contributed by atoms with Crippen LogP contribution in [0.3, 0.4) is 0 Å². The van der Waals surface area contributed by atoms with E-state index in [0.29, 0.717) is 28.6 Å². The minimum atomic E-state index is -4.17. The number of fused-ring (bicyclic) bond motifs is 1. The number of carbonyl (C=O) groups excluding carboxylic acids is 1. The number of nitrogens with one attached hydrogen (secondary N) is 1. The van der Waals surface area contributed by atoms with E-state index in [4.69, 9.17) is 0 Å². The number of phenols is 1. The molecule has 160 valence electrons. The van der Waals surface area contributed by atoms with E-state index in [1.54, 1.807) is 0 Å². The third-order valence-electron chi connectivity index (χ3n) is 6.75. The fourth-order valence-electron chi connectivity index (χ4n) is 5.21. The number of rotatable bonds is 5. The van der Waals surface area contributed by atoms with Crippen LogP contribution in [0.4, 0.5) is 10.1 Å². The Morgan fingerprint density at radius 3 is 2.55 bits per heavy atom. The summed E-state index contributed by atoms with van der Waals surface area (Å²) in [5.74, 6) is -0.672. The van der Waals surface area contributed by atoms with E-state index in [0.717, 1.165) is 30.7 Å². The Hall–Kier alpha value is -1.83. The Morgan fingerprint density at radius 2 is 1.86 bits per heavy atom. The molecule has 1 saturated heterocycles. The van der Waals surface area contributed by atoms with Crippen LogP contribution in [-0.4, -0.2) is 26.0 Å². The summed E-state index contributed by atoms with van der Waals surface area (Å²) < 4.78 is 42.0. The number of nitrogens with zero attached hydrogens (tertiary/aromatic N) is 1. The molecule has 1 atom stereocenters. The average Bonchev–Trinajstić information content (AvgIpc) is 2.95. The van der Waals surface area contributed by atoms with Gasteiger partial charge in [-0.3, -0.25) is 4.79 Å². The summed E-state index contributed by atoms with van der Waals surface area (Å²) in [6.45, 7) is -0.517. The highest BCUT2D eigenvalue weighted by molar-refractivity contribution is 7.92. The number of aromatic hydroxyl groups is 1. The summed E-state index contributed by atoms with van der Waals surface area (Å²) in [7, 11) is -4.17. The normalized spacial score (nSPS) is 24.4. The maximum Gasteiger partial charge on any atom is 0.326 e. The first-order valence-electron chi connectivity index (χ1n) is 10.7. The van der Waals surface area contributed by atoms with Crippen molar-refractivity contribution in [1.29, 1.82) is 0 Å². The third-order valence-corrected chi connectivity index (χ3v) is 8.13. The molecule has 4 rings (SSSR count). The molecule has 1 aromatic carbocycles. The molecule has 2 N–H and O–H groups in total. The second-order valence-corrected chi connectivity index (χ2v) is 10.4. The Balaban J connectivity index is 1.48. The second kappa shape index (κ2) is 8.13. The van der Waals surface area contributed by atoms with Crippen molar-refractivity contribution in [3.05, 3.63) is 23.0 Å². The predicted molar refractivity (Wildman–Crippen MR) is 108 cm³/mol. The molecule has 6 nitrogen and oxygen atoms in total. The molecule has 1 unspecified atom stereocenters. The second-order valence-electron chi connectivity index (χ2n) is 8.78. The number of hydrogen-bond acceptors (Lipinski definition) is 4. The van der Waals surface area contributed by atoms with Gasteiger partial charge in [0.1, 0.15) is 18.0 Å². The molecule has 2 fully saturated rings. The molecule has 3 aliphatic rings. The first-order chi connectivity index (χ1) is 13.8. The molecule has 1 aliphatic heterocycles. The average molecular weight is 425 g/mol. The van der Waals surface area contributed by atoms with Crippen molar-refractivity contribution < 1.29 is 22.7 Å². The number of aryl methyl sites for hydroxylation is 1. The van der Waals surface area contributed by atoms with Gasteiger partial charge in [0.05, 0.1) is 0 Å². The first-order valence-corrected chi connectivity index (χ1v) is 12.2. The largest absolute Gasteiger partial charge is 0.506 e. The summed E-state index contributed by atoms with van der Waals surface area (Å²) in [6.07, 6.45) is 12.3. The van der Waals surface area contributed by atoms with E-state index in [1.807, 2.05) is 4.72 Å². The fourth-order valence-corrected chi connectivity index (χ4v) is 6.38. The smallest absolute Gasteiger partial charge is 0.326 e. The number of halogens is 1. The molecule has 0 aromatic heterocycles. The summed E-state index contributed by atoms with van der Waals surface area (Å²) in [4.78, 5) is 11.5. The van der Waals surface area contributed by atoms with Gasteiger partial charge in [0, 0.05) is 0 Å². The van der Waals surface area contributed by atoms with Crippen LogP contribution in [0.5, 0.6) is 5.75 Å². The van der Waals surface area contributed by atoms with Gasteiger partial charge in [-0.05, 0) is 48.3 Å². The van der Waals surface area contributed by atoms with Crippen molar-refractivity contribution in [2.45, 2.75) is 70.6 Å². The lowest BCUT2D eigenvalue weighted by Crippen LogP contribution is -2.31. The summed E-state index contributed by atoms with van der Waals surface area (Å²) in [5, 5.41) is 10.3. The monoisotopic (exact) mass is 424 g/mol. The van der Waals surface area contributed by atoms with Gasteiger partial charge in [-0.15, -0.1) is 0 Å². The quantitative estimate of drug-likeness (QED) is 0.757. The maximum absolute atomic E-state index is 15.3. The van der Waals surface area contributed by atoms with E-state index in [2.05, 4.69) is 0 Å². The Bertz CT molecular complexity index is 896. The molecule has 1 aromatic rings.